The van der Waals surface area contributed by atoms with Gasteiger partial charge in [-0.25, -0.2) is 4.98 Å². The Labute approximate surface area is 167 Å². The number of hydrogen-bond acceptors (Lipinski definition) is 4. The molecule has 2 N–H and O–H groups in total. The van der Waals surface area contributed by atoms with Crippen LogP contribution in [0.3, 0.4) is 0 Å². The smallest absolute Gasteiger partial charge is 0.264 e. The van der Waals surface area contributed by atoms with Crippen LogP contribution < -0.4 is 10.1 Å². The van der Waals surface area contributed by atoms with E-state index in [9.17, 15) is 4.79 Å². The van der Waals surface area contributed by atoms with Crippen LogP contribution in [0.2, 0.25) is 5.02 Å². The lowest BCUT2D eigenvalue weighted by Gasteiger charge is -2.33. The predicted molar refractivity (Wildman–Crippen MR) is 109 cm³/mol. The summed E-state index contributed by atoms with van der Waals surface area (Å²) in [6.07, 6.45) is 3.67. The molecular weight excluding hydrogens is 376 g/mol. The van der Waals surface area contributed by atoms with Crippen molar-refractivity contribution in [2.75, 3.05) is 19.6 Å². The molecule has 0 saturated carbocycles. The number of halogens is 1. The number of pyridine rings is 1. The summed E-state index contributed by atoms with van der Waals surface area (Å²) in [5.41, 5.74) is 3.68. The van der Waals surface area contributed by atoms with Gasteiger partial charge in [0.25, 0.3) is 5.91 Å². The Balaban J connectivity index is 1.50. The van der Waals surface area contributed by atoms with E-state index in [0.717, 1.165) is 40.0 Å². The molecule has 3 aromatic rings. The Hall–Kier alpha value is -2.57. The molecule has 1 saturated heterocycles. The quantitative estimate of drug-likeness (QED) is 0.698. The van der Waals surface area contributed by atoms with Crippen LogP contribution in [0.25, 0.3) is 22.2 Å². The number of aromatic amines is 1. The lowest BCUT2D eigenvalue weighted by Crippen LogP contribution is -2.54. The van der Waals surface area contributed by atoms with Crippen molar-refractivity contribution < 1.29 is 9.53 Å². The van der Waals surface area contributed by atoms with E-state index >= 15 is 0 Å². The number of piperazine rings is 1. The van der Waals surface area contributed by atoms with Crippen LogP contribution in [0.15, 0.2) is 36.7 Å². The zero-order valence-electron chi connectivity index (χ0n) is 15.5. The average molecular weight is 397 g/mol. The number of carbonyl (C=O) groups excluding carboxylic acids is 1. The maximum Gasteiger partial charge on any atom is 0.264 e. The Kier molecular flexibility index (Phi) is 4.25. The molecule has 28 heavy (non-hydrogen) atoms. The van der Waals surface area contributed by atoms with Crippen LogP contribution in [-0.2, 0) is 11.2 Å². The third-order valence-electron chi connectivity index (χ3n) is 5.50. The van der Waals surface area contributed by atoms with Gasteiger partial charge in [0.1, 0.15) is 11.4 Å². The molecule has 7 heteroatoms. The monoisotopic (exact) mass is 396 g/mol. The summed E-state index contributed by atoms with van der Waals surface area (Å²) in [6, 6.07) is 8.06. The third-order valence-corrected chi connectivity index (χ3v) is 5.72. The topological polar surface area (TPSA) is 70.2 Å². The van der Waals surface area contributed by atoms with Crippen LogP contribution in [0.5, 0.6) is 5.75 Å². The van der Waals surface area contributed by atoms with Gasteiger partial charge in [-0.05, 0) is 36.8 Å². The minimum absolute atomic E-state index is 0.0492. The van der Waals surface area contributed by atoms with E-state index in [1.807, 2.05) is 35.4 Å². The average Bonchev–Trinajstić information content (AvgIpc) is 3.33. The minimum Gasteiger partial charge on any atom is -0.479 e. The van der Waals surface area contributed by atoms with Crippen molar-refractivity contribution in [3.8, 4) is 16.9 Å². The van der Waals surface area contributed by atoms with Gasteiger partial charge >= 0.3 is 0 Å². The van der Waals surface area contributed by atoms with Crippen LogP contribution in [0.4, 0.5) is 0 Å². The van der Waals surface area contributed by atoms with Crippen molar-refractivity contribution in [1.82, 2.24) is 20.2 Å². The molecule has 5 rings (SSSR count). The molecule has 1 aromatic carbocycles. The number of aromatic nitrogens is 2. The van der Waals surface area contributed by atoms with Crippen molar-refractivity contribution in [1.29, 1.82) is 0 Å². The summed E-state index contributed by atoms with van der Waals surface area (Å²) in [6.45, 7) is 4.32. The highest BCUT2D eigenvalue weighted by Gasteiger charge is 2.35. The molecule has 0 aliphatic carbocycles. The number of ether oxygens (including phenoxy) is 1. The molecule has 2 atom stereocenters. The number of H-pyrrole nitrogens is 1. The molecule has 4 heterocycles. The van der Waals surface area contributed by atoms with E-state index < -0.39 is 6.10 Å². The lowest BCUT2D eigenvalue weighted by atomic mass is 9.99. The van der Waals surface area contributed by atoms with E-state index in [0.29, 0.717) is 30.6 Å². The van der Waals surface area contributed by atoms with Crippen molar-refractivity contribution in [3.05, 3.63) is 47.2 Å². The maximum absolute atomic E-state index is 13.0. The molecule has 1 amide bonds. The van der Waals surface area contributed by atoms with Crippen molar-refractivity contribution in [2.24, 2.45) is 0 Å². The van der Waals surface area contributed by atoms with Crippen molar-refractivity contribution in [2.45, 2.75) is 25.5 Å². The SMILES string of the molecule is C[C@H]1CN(C(=O)[C@H]2Cc3cc(Cl)cc(-c4ccnc5[nH]ccc45)c3O2)CCN1. The summed E-state index contributed by atoms with van der Waals surface area (Å²) in [4.78, 5) is 22.4. The van der Waals surface area contributed by atoms with Gasteiger partial charge in [-0.15, -0.1) is 0 Å². The first-order valence-electron chi connectivity index (χ1n) is 9.54. The fraction of sp³-hybridized carbons (Fsp3) is 0.333. The predicted octanol–water partition coefficient (Wildman–Crippen LogP) is 3.01. The summed E-state index contributed by atoms with van der Waals surface area (Å²) < 4.78 is 6.22. The second-order valence-corrected chi connectivity index (χ2v) is 7.93. The first-order valence-corrected chi connectivity index (χ1v) is 9.91. The number of benzene rings is 1. The van der Waals surface area contributed by atoms with E-state index in [1.54, 1.807) is 6.20 Å². The molecule has 2 aromatic heterocycles. The molecule has 6 nitrogen and oxygen atoms in total. The molecular formula is C21H21ClN4O2. The van der Waals surface area contributed by atoms with Gasteiger partial charge in [0, 0.05) is 66.0 Å². The fourth-order valence-corrected chi connectivity index (χ4v) is 4.44. The number of carbonyl (C=O) groups is 1. The summed E-state index contributed by atoms with van der Waals surface area (Å²) in [5, 5.41) is 5.01. The number of nitrogens with zero attached hydrogens (tertiary/aromatic N) is 2. The van der Waals surface area contributed by atoms with Gasteiger partial charge in [0.2, 0.25) is 0 Å². The van der Waals surface area contributed by atoms with Crippen LogP contribution >= 0.6 is 11.6 Å². The normalized spacial score (nSPS) is 21.6. The zero-order chi connectivity index (χ0) is 19.3. The highest BCUT2D eigenvalue weighted by molar-refractivity contribution is 6.31. The van der Waals surface area contributed by atoms with Crippen molar-refractivity contribution >= 4 is 28.5 Å². The number of hydrogen-bond donors (Lipinski definition) is 2. The van der Waals surface area contributed by atoms with Gasteiger partial charge in [0.05, 0.1) is 0 Å². The Bertz CT molecular complexity index is 1060. The molecule has 0 unspecified atom stereocenters. The molecule has 144 valence electrons. The first-order chi connectivity index (χ1) is 13.6. The summed E-state index contributed by atoms with van der Waals surface area (Å²) in [5.74, 6) is 0.799. The van der Waals surface area contributed by atoms with Crippen molar-refractivity contribution in [3.63, 3.8) is 0 Å². The first kappa shape index (κ1) is 17.5. The fourth-order valence-electron chi connectivity index (χ4n) is 4.19. The number of amides is 1. The highest BCUT2D eigenvalue weighted by Crippen LogP contribution is 2.43. The third kappa shape index (κ3) is 2.93. The summed E-state index contributed by atoms with van der Waals surface area (Å²) >= 11 is 6.42. The van der Waals surface area contributed by atoms with E-state index in [-0.39, 0.29) is 5.91 Å². The number of nitrogens with one attached hydrogen (secondary N) is 2. The molecule has 2 aliphatic rings. The zero-order valence-corrected chi connectivity index (χ0v) is 16.3. The Morgan fingerprint density at radius 2 is 2.21 bits per heavy atom. The summed E-state index contributed by atoms with van der Waals surface area (Å²) in [7, 11) is 0. The molecule has 1 fully saturated rings. The second-order valence-electron chi connectivity index (χ2n) is 7.49. The van der Waals surface area contributed by atoms with E-state index in [4.69, 9.17) is 16.3 Å². The van der Waals surface area contributed by atoms with E-state index in [2.05, 4.69) is 22.2 Å². The van der Waals surface area contributed by atoms with Crippen LogP contribution in [0, 0.1) is 0 Å². The number of fused-ring (bicyclic) bond motifs is 2. The van der Waals surface area contributed by atoms with Gasteiger partial charge in [-0.1, -0.05) is 11.6 Å². The second kappa shape index (κ2) is 6.79. The van der Waals surface area contributed by atoms with Crippen LogP contribution in [-0.4, -0.2) is 52.6 Å². The highest BCUT2D eigenvalue weighted by atomic mass is 35.5. The van der Waals surface area contributed by atoms with Crippen LogP contribution in [0.1, 0.15) is 12.5 Å². The number of rotatable bonds is 2. The maximum atomic E-state index is 13.0. The Morgan fingerprint density at radius 1 is 1.32 bits per heavy atom. The molecule has 0 radical (unpaired) electrons. The standard InChI is InChI=1S/C21H21ClN4O2/c1-12-11-26(7-6-23-12)21(27)18-9-13-8-14(22)10-17(19(13)28-18)15-2-4-24-20-16(15)3-5-25-20/h2-5,8,10,12,18,23H,6-7,9,11H2,1H3,(H,24,25)/t12-,18+/m0/s1. The molecule has 0 spiro atoms. The largest absolute Gasteiger partial charge is 0.479 e. The molecule has 0 bridgehead atoms. The van der Waals surface area contributed by atoms with E-state index in [1.165, 1.54) is 0 Å². The van der Waals surface area contributed by atoms with Gasteiger partial charge in [0.15, 0.2) is 6.10 Å². The Morgan fingerprint density at radius 3 is 3.07 bits per heavy atom. The molecule has 2 aliphatic heterocycles. The minimum atomic E-state index is -0.499. The van der Waals surface area contributed by atoms with Gasteiger partial charge in [-0.2, -0.15) is 0 Å². The van der Waals surface area contributed by atoms with Gasteiger partial charge < -0.3 is 19.9 Å². The van der Waals surface area contributed by atoms with Gasteiger partial charge in [-0.3, -0.25) is 4.79 Å². The lowest BCUT2D eigenvalue weighted by molar-refractivity contribution is -0.139.